The van der Waals surface area contributed by atoms with E-state index in [1.807, 2.05) is 0 Å². The molecular weight excluding hydrogens is 206 g/mol. The Bertz CT molecular complexity index is 301. The van der Waals surface area contributed by atoms with Gasteiger partial charge in [0.1, 0.15) is 0 Å². The predicted octanol–water partition coefficient (Wildman–Crippen LogP) is 2.51. The second-order valence-electron chi connectivity index (χ2n) is 3.88. The van der Waals surface area contributed by atoms with Gasteiger partial charge in [0.15, 0.2) is 0 Å². The van der Waals surface area contributed by atoms with Gasteiger partial charge in [-0.15, -0.1) is 11.3 Å². The van der Waals surface area contributed by atoms with Gasteiger partial charge in [0.05, 0.1) is 11.0 Å². The van der Waals surface area contributed by atoms with Crippen LogP contribution in [-0.4, -0.2) is 10.9 Å². The van der Waals surface area contributed by atoms with E-state index in [-0.39, 0.29) is 12.8 Å². The summed E-state index contributed by atoms with van der Waals surface area (Å²) in [6.45, 7) is 0. The van der Waals surface area contributed by atoms with Crippen LogP contribution in [0.4, 0.5) is 8.78 Å². The molecule has 0 radical (unpaired) electrons. The number of hydrogen-bond donors (Lipinski definition) is 1. The van der Waals surface area contributed by atoms with Crippen LogP contribution in [0.1, 0.15) is 30.6 Å². The van der Waals surface area contributed by atoms with Crippen LogP contribution in [0.5, 0.6) is 0 Å². The maximum atomic E-state index is 12.9. The van der Waals surface area contributed by atoms with E-state index in [9.17, 15) is 8.78 Å². The van der Waals surface area contributed by atoms with Crippen LogP contribution in [-0.2, 0) is 5.54 Å². The molecule has 0 atom stereocenters. The lowest BCUT2D eigenvalue weighted by Crippen LogP contribution is -2.42. The molecular formula is C9H12F2N2S. The lowest BCUT2D eigenvalue weighted by Gasteiger charge is -2.35. The van der Waals surface area contributed by atoms with Crippen LogP contribution in [0.25, 0.3) is 0 Å². The number of thiazole rings is 1. The van der Waals surface area contributed by atoms with E-state index in [1.165, 1.54) is 11.3 Å². The van der Waals surface area contributed by atoms with Gasteiger partial charge in [-0.3, -0.25) is 4.98 Å². The first-order valence-electron chi connectivity index (χ1n) is 4.58. The summed E-state index contributed by atoms with van der Waals surface area (Å²) in [5, 5.41) is 0. The molecule has 0 amide bonds. The van der Waals surface area contributed by atoms with E-state index in [4.69, 9.17) is 5.73 Å². The van der Waals surface area contributed by atoms with Crippen molar-refractivity contribution in [1.29, 1.82) is 0 Å². The number of rotatable bonds is 1. The van der Waals surface area contributed by atoms with Gasteiger partial charge in [-0.1, -0.05) is 0 Å². The molecule has 2 rings (SSSR count). The Labute approximate surface area is 85.1 Å². The zero-order chi connectivity index (χ0) is 10.2. The molecule has 5 heteroatoms. The van der Waals surface area contributed by atoms with Gasteiger partial charge in [-0.25, -0.2) is 8.78 Å². The third-order valence-corrected chi connectivity index (χ3v) is 3.79. The normalized spacial score (nSPS) is 24.8. The van der Waals surface area contributed by atoms with Crippen LogP contribution in [0.15, 0.2) is 11.7 Å². The summed E-state index contributed by atoms with van der Waals surface area (Å²) in [6.07, 6.45) is 2.17. The Morgan fingerprint density at radius 3 is 2.43 bits per heavy atom. The van der Waals surface area contributed by atoms with Gasteiger partial charge in [0, 0.05) is 23.9 Å². The van der Waals surface area contributed by atoms with Crippen molar-refractivity contribution in [3.05, 3.63) is 16.6 Å². The topological polar surface area (TPSA) is 38.9 Å². The lowest BCUT2D eigenvalue weighted by atomic mass is 9.80. The molecule has 2 nitrogen and oxygen atoms in total. The average Bonchev–Trinajstić information content (AvgIpc) is 2.64. The number of hydrogen-bond acceptors (Lipinski definition) is 3. The first kappa shape index (κ1) is 9.98. The Morgan fingerprint density at radius 1 is 1.29 bits per heavy atom. The van der Waals surface area contributed by atoms with Crippen molar-refractivity contribution in [2.24, 2.45) is 5.73 Å². The van der Waals surface area contributed by atoms with Crippen molar-refractivity contribution in [1.82, 2.24) is 4.98 Å². The summed E-state index contributed by atoms with van der Waals surface area (Å²) in [5.41, 5.74) is 7.21. The first-order chi connectivity index (χ1) is 6.52. The molecule has 2 N–H and O–H groups in total. The van der Waals surface area contributed by atoms with Gasteiger partial charge in [-0.2, -0.15) is 0 Å². The minimum absolute atomic E-state index is 0.110. The first-order valence-corrected chi connectivity index (χ1v) is 5.46. The minimum atomic E-state index is -2.52. The van der Waals surface area contributed by atoms with Crippen molar-refractivity contribution >= 4 is 11.3 Å². The van der Waals surface area contributed by atoms with Crippen molar-refractivity contribution in [3.8, 4) is 0 Å². The smallest absolute Gasteiger partial charge is 0.248 e. The largest absolute Gasteiger partial charge is 0.321 e. The SMILES string of the molecule is NC1(c2cncs2)CCC(F)(F)CC1. The fraction of sp³-hybridized carbons (Fsp3) is 0.667. The van der Waals surface area contributed by atoms with E-state index in [2.05, 4.69) is 4.98 Å². The fourth-order valence-corrected chi connectivity index (χ4v) is 2.57. The highest BCUT2D eigenvalue weighted by Crippen LogP contribution is 2.42. The van der Waals surface area contributed by atoms with Crippen molar-refractivity contribution in [2.75, 3.05) is 0 Å². The molecule has 1 saturated carbocycles. The summed E-state index contributed by atoms with van der Waals surface area (Å²) >= 11 is 1.45. The van der Waals surface area contributed by atoms with Crippen LogP contribution in [0.2, 0.25) is 0 Å². The molecule has 1 aliphatic rings. The van der Waals surface area contributed by atoms with Gasteiger partial charge in [0.25, 0.3) is 0 Å². The number of aromatic nitrogens is 1. The maximum Gasteiger partial charge on any atom is 0.248 e. The third kappa shape index (κ3) is 1.79. The van der Waals surface area contributed by atoms with E-state index in [0.29, 0.717) is 12.8 Å². The quantitative estimate of drug-likeness (QED) is 0.786. The minimum Gasteiger partial charge on any atom is -0.321 e. The van der Waals surface area contributed by atoms with E-state index in [0.717, 1.165) is 4.88 Å². The zero-order valence-electron chi connectivity index (χ0n) is 7.67. The Balaban J connectivity index is 2.13. The third-order valence-electron chi connectivity index (χ3n) is 2.80. The van der Waals surface area contributed by atoms with Crippen molar-refractivity contribution < 1.29 is 8.78 Å². The molecule has 0 spiro atoms. The van der Waals surface area contributed by atoms with Gasteiger partial charge >= 0.3 is 0 Å². The van der Waals surface area contributed by atoms with E-state index in [1.54, 1.807) is 11.7 Å². The molecule has 1 aromatic heterocycles. The summed E-state index contributed by atoms with van der Waals surface area (Å²) in [5.74, 6) is -2.52. The highest BCUT2D eigenvalue weighted by molar-refractivity contribution is 7.09. The van der Waals surface area contributed by atoms with E-state index < -0.39 is 11.5 Å². The van der Waals surface area contributed by atoms with Crippen LogP contribution in [0.3, 0.4) is 0 Å². The van der Waals surface area contributed by atoms with Crippen LogP contribution in [0, 0.1) is 0 Å². The molecule has 0 aromatic carbocycles. The molecule has 0 bridgehead atoms. The van der Waals surface area contributed by atoms with Gasteiger partial charge < -0.3 is 5.73 Å². The maximum absolute atomic E-state index is 12.9. The second kappa shape index (κ2) is 3.24. The highest BCUT2D eigenvalue weighted by atomic mass is 32.1. The average molecular weight is 218 g/mol. The standard InChI is InChI=1S/C9H12F2N2S/c10-9(11)3-1-8(12,2-4-9)7-5-13-6-14-7/h5-6H,1-4,12H2. The van der Waals surface area contributed by atoms with Gasteiger partial charge in [-0.05, 0) is 12.8 Å². The number of nitrogens with two attached hydrogens (primary N) is 1. The lowest BCUT2D eigenvalue weighted by molar-refractivity contribution is -0.0509. The molecule has 14 heavy (non-hydrogen) atoms. The summed E-state index contributed by atoms with van der Waals surface area (Å²) in [7, 11) is 0. The predicted molar refractivity (Wildman–Crippen MR) is 51.4 cm³/mol. The van der Waals surface area contributed by atoms with Crippen molar-refractivity contribution in [2.45, 2.75) is 37.1 Å². The number of alkyl halides is 2. The Hall–Kier alpha value is -0.550. The monoisotopic (exact) mass is 218 g/mol. The van der Waals surface area contributed by atoms with Crippen LogP contribution >= 0.6 is 11.3 Å². The molecule has 0 aliphatic heterocycles. The molecule has 0 unspecified atom stereocenters. The van der Waals surface area contributed by atoms with Crippen LogP contribution < -0.4 is 5.73 Å². The second-order valence-corrected chi connectivity index (χ2v) is 4.76. The Kier molecular flexibility index (Phi) is 2.31. The molecule has 0 saturated heterocycles. The summed E-state index contributed by atoms with van der Waals surface area (Å²) < 4.78 is 25.8. The molecule has 1 aromatic rings. The zero-order valence-corrected chi connectivity index (χ0v) is 8.49. The van der Waals surface area contributed by atoms with Crippen molar-refractivity contribution in [3.63, 3.8) is 0 Å². The fourth-order valence-electron chi connectivity index (χ4n) is 1.77. The highest BCUT2D eigenvalue weighted by Gasteiger charge is 2.42. The number of halogens is 2. The number of nitrogens with zero attached hydrogens (tertiary/aromatic N) is 1. The summed E-state index contributed by atoms with van der Waals surface area (Å²) in [4.78, 5) is 4.85. The summed E-state index contributed by atoms with van der Waals surface area (Å²) in [6, 6.07) is 0. The van der Waals surface area contributed by atoms with E-state index >= 15 is 0 Å². The molecule has 1 fully saturated rings. The molecule has 1 aliphatic carbocycles. The molecule has 78 valence electrons. The Morgan fingerprint density at radius 2 is 1.93 bits per heavy atom. The van der Waals surface area contributed by atoms with Gasteiger partial charge in [0.2, 0.25) is 5.92 Å². The molecule has 1 heterocycles.